The fourth-order valence-corrected chi connectivity index (χ4v) is 2.69. The average molecular weight is 327 g/mol. The molecule has 0 aliphatic heterocycles. The Labute approximate surface area is 136 Å². The molecule has 1 aromatic carbocycles. The minimum atomic E-state index is -0.320. The van der Waals surface area contributed by atoms with E-state index >= 15 is 0 Å². The van der Waals surface area contributed by atoms with Crippen molar-refractivity contribution < 1.29 is 4.79 Å². The van der Waals surface area contributed by atoms with Crippen LogP contribution in [0.3, 0.4) is 0 Å². The van der Waals surface area contributed by atoms with Crippen LogP contribution in [0.1, 0.15) is 37.6 Å². The summed E-state index contributed by atoms with van der Waals surface area (Å²) in [6.45, 7) is 7.37. The molecule has 0 saturated carbocycles. The molecule has 1 rings (SSSR count). The monoisotopic (exact) mass is 326 g/mol. The molecule has 0 aromatic heterocycles. The number of benzene rings is 1. The molecule has 0 saturated heterocycles. The van der Waals surface area contributed by atoms with Gasteiger partial charge in [0.25, 0.3) is 0 Å². The van der Waals surface area contributed by atoms with E-state index in [4.69, 9.17) is 28.5 Å². The van der Waals surface area contributed by atoms with Crippen molar-refractivity contribution in [3.05, 3.63) is 33.8 Å². The highest BCUT2D eigenvalue weighted by molar-refractivity contribution is 6.37. The summed E-state index contributed by atoms with van der Waals surface area (Å²) >= 11 is 12.0. The van der Waals surface area contributed by atoms with Gasteiger partial charge in [-0.1, -0.05) is 37.0 Å². The molecule has 0 N–H and O–H groups in total. The van der Waals surface area contributed by atoms with Gasteiger partial charge in [-0.2, -0.15) is 5.26 Å². The number of carbonyl (C=O) groups excluding carboxylic acids is 1. The van der Waals surface area contributed by atoms with Crippen LogP contribution in [0.25, 0.3) is 0 Å². The van der Waals surface area contributed by atoms with Gasteiger partial charge < -0.3 is 0 Å². The van der Waals surface area contributed by atoms with Crippen LogP contribution in [0, 0.1) is 17.2 Å². The Bertz CT molecular complexity index is 538. The minimum absolute atomic E-state index is 0.0461. The molecule has 0 radical (unpaired) electrons. The number of halogens is 2. The molecule has 5 heteroatoms. The van der Waals surface area contributed by atoms with Crippen LogP contribution in [0.4, 0.5) is 0 Å². The fraction of sp³-hybridized carbons (Fsp3) is 0.500. The zero-order valence-corrected chi connectivity index (χ0v) is 14.1. The van der Waals surface area contributed by atoms with E-state index in [1.807, 2.05) is 11.8 Å². The standard InChI is InChI=1S/C16H20Cl2N2O/c1-11(2)10-20(8-4-7-19)12(3)16(21)14-6-5-13(17)9-15(14)18/h5-6,9,11-12H,4,8,10H2,1-3H3. The second-order valence-electron chi connectivity index (χ2n) is 5.46. The lowest BCUT2D eigenvalue weighted by molar-refractivity contribution is 0.0824. The van der Waals surface area contributed by atoms with E-state index in [0.29, 0.717) is 34.5 Å². The highest BCUT2D eigenvalue weighted by atomic mass is 35.5. The zero-order valence-electron chi connectivity index (χ0n) is 12.6. The first-order valence-corrected chi connectivity index (χ1v) is 7.72. The van der Waals surface area contributed by atoms with Crippen molar-refractivity contribution in [2.45, 2.75) is 33.2 Å². The molecule has 3 nitrogen and oxygen atoms in total. The van der Waals surface area contributed by atoms with Crippen LogP contribution in [0.2, 0.25) is 10.0 Å². The predicted octanol–water partition coefficient (Wildman–Crippen LogP) is 4.44. The van der Waals surface area contributed by atoms with E-state index in [0.717, 1.165) is 6.54 Å². The van der Waals surface area contributed by atoms with Gasteiger partial charge in [0.15, 0.2) is 5.78 Å². The molecule has 1 aromatic rings. The van der Waals surface area contributed by atoms with Gasteiger partial charge >= 0.3 is 0 Å². The summed E-state index contributed by atoms with van der Waals surface area (Å²) < 4.78 is 0. The van der Waals surface area contributed by atoms with Gasteiger partial charge in [0.2, 0.25) is 0 Å². The molecule has 0 spiro atoms. The third-order valence-corrected chi connectivity index (χ3v) is 3.78. The van der Waals surface area contributed by atoms with Crippen molar-refractivity contribution in [1.29, 1.82) is 5.26 Å². The predicted molar refractivity (Wildman–Crippen MR) is 86.9 cm³/mol. The third kappa shape index (κ3) is 5.32. The van der Waals surface area contributed by atoms with E-state index in [9.17, 15) is 4.79 Å². The SMILES string of the molecule is CC(C)CN(CCC#N)C(C)C(=O)c1ccc(Cl)cc1Cl. The van der Waals surface area contributed by atoms with Crippen LogP contribution < -0.4 is 0 Å². The number of carbonyl (C=O) groups is 1. The molecule has 0 heterocycles. The Balaban J connectivity index is 2.93. The summed E-state index contributed by atoms with van der Waals surface area (Å²) in [6.07, 6.45) is 0.401. The molecular weight excluding hydrogens is 307 g/mol. The van der Waals surface area contributed by atoms with E-state index in [2.05, 4.69) is 19.9 Å². The highest BCUT2D eigenvalue weighted by Gasteiger charge is 2.24. The van der Waals surface area contributed by atoms with Gasteiger partial charge in [0, 0.05) is 30.1 Å². The van der Waals surface area contributed by atoms with Gasteiger partial charge in [-0.25, -0.2) is 0 Å². The average Bonchev–Trinajstić information content (AvgIpc) is 2.41. The normalized spacial score (nSPS) is 12.5. The summed E-state index contributed by atoms with van der Waals surface area (Å²) in [4.78, 5) is 14.6. The Kier molecular flexibility index (Phi) is 7.17. The van der Waals surface area contributed by atoms with E-state index in [1.165, 1.54) is 0 Å². The van der Waals surface area contributed by atoms with E-state index in [-0.39, 0.29) is 11.8 Å². The first kappa shape index (κ1) is 18.0. The number of hydrogen-bond acceptors (Lipinski definition) is 3. The summed E-state index contributed by atoms with van der Waals surface area (Å²) in [7, 11) is 0. The number of nitrogens with zero attached hydrogens (tertiary/aromatic N) is 2. The second-order valence-corrected chi connectivity index (χ2v) is 6.30. The van der Waals surface area contributed by atoms with Gasteiger partial charge in [0.1, 0.15) is 0 Å². The quantitative estimate of drug-likeness (QED) is 0.696. The Morgan fingerprint density at radius 3 is 2.52 bits per heavy atom. The second kappa shape index (κ2) is 8.38. The first-order chi connectivity index (χ1) is 9.86. The van der Waals surface area contributed by atoms with Crippen LogP contribution in [-0.4, -0.2) is 29.8 Å². The van der Waals surface area contributed by atoms with Crippen molar-refractivity contribution in [3.63, 3.8) is 0 Å². The lowest BCUT2D eigenvalue weighted by atomic mass is 10.0. The number of hydrogen-bond donors (Lipinski definition) is 0. The van der Waals surface area contributed by atoms with Gasteiger partial charge in [0.05, 0.1) is 17.1 Å². The molecule has 0 fully saturated rings. The molecule has 0 aliphatic carbocycles. The van der Waals surface area contributed by atoms with E-state index < -0.39 is 0 Å². The summed E-state index contributed by atoms with van der Waals surface area (Å²) in [5.41, 5.74) is 0.472. The number of nitriles is 1. The van der Waals surface area contributed by atoms with Crippen LogP contribution in [0.5, 0.6) is 0 Å². The molecule has 1 atom stereocenters. The maximum absolute atomic E-state index is 12.6. The number of Topliss-reactive ketones (excluding diaryl/α,β-unsaturated/α-hetero) is 1. The molecule has 114 valence electrons. The summed E-state index contributed by atoms with van der Waals surface area (Å²) in [5.74, 6) is 0.370. The first-order valence-electron chi connectivity index (χ1n) is 6.97. The van der Waals surface area contributed by atoms with Gasteiger partial charge in [-0.3, -0.25) is 9.69 Å². The zero-order chi connectivity index (χ0) is 16.0. The topological polar surface area (TPSA) is 44.1 Å². The smallest absolute Gasteiger partial charge is 0.181 e. The maximum Gasteiger partial charge on any atom is 0.181 e. The largest absolute Gasteiger partial charge is 0.292 e. The molecule has 1 unspecified atom stereocenters. The summed E-state index contributed by atoms with van der Waals surface area (Å²) in [5, 5.41) is 9.64. The summed E-state index contributed by atoms with van der Waals surface area (Å²) in [6, 6.07) is 6.70. The molecule has 21 heavy (non-hydrogen) atoms. The highest BCUT2D eigenvalue weighted by Crippen LogP contribution is 2.23. The van der Waals surface area contributed by atoms with Gasteiger partial charge in [-0.15, -0.1) is 0 Å². The molecule has 0 amide bonds. The van der Waals surface area contributed by atoms with Gasteiger partial charge in [-0.05, 0) is 31.0 Å². The fourth-order valence-electron chi connectivity index (χ4n) is 2.19. The lowest BCUT2D eigenvalue weighted by Crippen LogP contribution is -2.41. The van der Waals surface area contributed by atoms with Crippen molar-refractivity contribution in [3.8, 4) is 6.07 Å². The number of rotatable bonds is 7. The Morgan fingerprint density at radius 2 is 2.00 bits per heavy atom. The van der Waals surface area contributed by atoms with Crippen molar-refractivity contribution in [2.24, 2.45) is 5.92 Å². The Morgan fingerprint density at radius 1 is 1.33 bits per heavy atom. The van der Waals surface area contributed by atoms with Crippen LogP contribution in [0.15, 0.2) is 18.2 Å². The molecule has 0 aliphatic rings. The van der Waals surface area contributed by atoms with E-state index in [1.54, 1.807) is 18.2 Å². The third-order valence-electron chi connectivity index (χ3n) is 3.23. The maximum atomic E-state index is 12.6. The minimum Gasteiger partial charge on any atom is -0.292 e. The van der Waals surface area contributed by atoms with Crippen molar-refractivity contribution in [2.75, 3.05) is 13.1 Å². The molecule has 0 bridgehead atoms. The van der Waals surface area contributed by atoms with Crippen molar-refractivity contribution >= 4 is 29.0 Å². The Hall–Kier alpha value is -1.08. The van der Waals surface area contributed by atoms with Crippen LogP contribution >= 0.6 is 23.2 Å². The van der Waals surface area contributed by atoms with Crippen LogP contribution in [-0.2, 0) is 0 Å². The number of ketones is 1. The van der Waals surface area contributed by atoms with Crippen molar-refractivity contribution in [1.82, 2.24) is 4.90 Å². The lowest BCUT2D eigenvalue weighted by Gasteiger charge is -2.29. The molecular formula is C16H20Cl2N2O.